The van der Waals surface area contributed by atoms with Crippen LogP contribution in [-0.4, -0.2) is 30.9 Å². The SMILES string of the molecule is Cc1cc(C)c(NC(=O)CNC(=O)COC(=O)C2CCC(C(C)(C)C)CC2)c(C)c1. The van der Waals surface area contributed by atoms with Crippen molar-refractivity contribution in [3.8, 4) is 0 Å². The lowest BCUT2D eigenvalue weighted by molar-refractivity contribution is -0.154. The first kappa shape index (κ1) is 23.9. The number of anilines is 1. The average molecular weight is 417 g/mol. The second-order valence-electron chi connectivity index (χ2n) is 9.62. The largest absolute Gasteiger partial charge is 0.455 e. The Morgan fingerprint density at radius 2 is 1.53 bits per heavy atom. The summed E-state index contributed by atoms with van der Waals surface area (Å²) in [5, 5.41) is 5.34. The van der Waals surface area contributed by atoms with E-state index in [0.717, 1.165) is 48.1 Å². The third kappa shape index (κ3) is 6.85. The lowest BCUT2D eigenvalue weighted by atomic mass is 9.70. The number of carbonyl (C=O) groups excluding carboxylic acids is 3. The highest BCUT2D eigenvalue weighted by atomic mass is 16.5. The summed E-state index contributed by atoms with van der Waals surface area (Å²) < 4.78 is 5.18. The Morgan fingerprint density at radius 1 is 0.967 bits per heavy atom. The summed E-state index contributed by atoms with van der Waals surface area (Å²) in [4.78, 5) is 36.4. The van der Waals surface area contributed by atoms with Crippen molar-refractivity contribution < 1.29 is 19.1 Å². The molecule has 0 atom stereocenters. The van der Waals surface area contributed by atoms with Crippen molar-refractivity contribution in [2.45, 2.75) is 67.2 Å². The lowest BCUT2D eigenvalue weighted by Gasteiger charge is -2.36. The van der Waals surface area contributed by atoms with Gasteiger partial charge in [-0.15, -0.1) is 0 Å². The molecule has 1 aromatic carbocycles. The molecule has 2 N–H and O–H groups in total. The number of ether oxygens (including phenoxy) is 1. The first-order valence-corrected chi connectivity index (χ1v) is 10.8. The number of esters is 1. The van der Waals surface area contributed by atoms with Gasteiger partial charge >= 0.3 is 5.97 Å². The van der Waals surface area contributed by atoms with Crippen molar-refractivity contribution >= 4 is 23.5 Å². The van der Waals surface area contributed by atoms with Gasteiger partial charge in [0.25, 0.3) is 5.91 Å². The van der Waals surface area contributed by atoms with E-state index in [-0.39, 0.29) is 36.4 Å². The molecule has 1 aliphatic carbocycles. The fraction of sp³-hybridized carbons (Fsp3) is 0.625. The number of aryl methyl sites for hydroxylation is 3. The van der Waals surface area contributed by atoms with Crippen molar-refractivity contribution in [3.63, 3.8) is 0 Å². The third-order valence-electron chi connectivity index (χ3n) is 6.02. The van der Waals surface area contributed by atoms with Crippen LogP contribution in [0.25, 0.3) is 0 Å². The van der Waals surface area contributed by atoms with E-state index in [1.807, 2.05) is 32.9 Å². The number of hydrogen-bond acceptors (Lipinski definition) is 4. The fourth-order valence-corrected chi connectivity index (χ4v) is 4.24. The first-order chi connectivity index (χ1) is 14.0. The second-order valence-corrected chi connectivity index (χ2v) is 9.62. The van der Waals surface area contributed by atoms with Gasteiger partial charge in [-0.3, -0.25) is 14.4 Å². The molecule has 1 aliphatic rings. The van der Waals surface area contributed by atoms with E-state index in [9.17, 15) is 14.4 Å². The van der Waals surface area contributed by atoms with Crippen molar-refractivity contribution in [2.24, 2.45) is 17.3 Å². The number of hydrogen-bond donors (Lipinski definition) is 2. The molecule has 0 heterocycles. The van der Waals surface area contributed by atoms with Crippen LogP contribution in [-0.2, 0) is 19.1 Å². The molecule has 0 spiro atoms. The predicted molar refractivity (Wildman–Crippen MR) is 118 cm³/mol. The molecule has 0 radical (unpaired) electrons. The smallest absolute Gasteiger partial charge is 0.309 e. The summed E-state index contributed by atoms with van der Waals surface area (Å²) in [5.74, 6) is -0.617. The number of amides is 2. The standard InChI is InChI=1S/C24H36N2O4/c1-15-11-16(2)22(17(3)12-15)26-20(27)13-25-21(28)14-30-23(29)18-7-9-19(10-8-18)24(4,5)6/h11-12,18-19H,7-10,13-14H2,1-6H3,(H,25,28)(H,26,27). The zero-order valence-corrected chi connectivity index (χ0v) is 19.2. The minimum absolute atomic E-state index is 0.132. The Bertz CT molecular complexity index is 764. The van der Waals surface area contributed by atoms with Crippen LogP contribution in [0.3, 0.4) is 0 Å². The average Bonchev–Trinajstić information content (AvgIpc) is 2.66. The van der Waals surface area contributed by atoms with Crippen LogP contribution in [0.5, 0.6) is 0 Å². The summed E-state index contributed by atoms with van der Waals surface area (Å²) >= 11 is 0. The number of nitrogens with one attached hydrogen (secondary N) is 2. The van der Waals surface area contributed by atoms with Gasteiger partial charge in [0.2, 0.25) is 5.91 Å². The molecule has 0 aromatic heterocycles. The molecule has 0 saturated heterocycles. The van der Waals surface area contributed by atoms with Crippen LogP contribution in [0.4, 0.5) is 5.69 Å². The van der Waals surface area contributed by atoms with E-state index in [0.29, 0.717) is 5.92 Å². The van der Waals surface area contributed by atoms with Crippen LogP contribution >= 0.6 is 0 Å². The molecule has 166 valence electrons. The topological polar surface area (TPSA) is 84.5 Å². The van der Waals surface area contributed by atoms with Crippen molar-refractivity contribution in [1.82, 2.24) is 5.32 Å². The van der Waals surface area contributed by atoms with Crippen molar-refractivity contribution in [3.05, 3.63) is 28.8 Å². The molecule has 2 amide bonds. The van der Waals surface area contributed by atoms with Crippen LogP contribution < -0.4 is 10.6 Å². The molecule has 6 nitrogen and oxygen atoms in total. The van der Waals surface area contributed by atoms with Gasteiger partial charge in [0.1, 0.15) is 0 Å². The van der Waals surface area contributed by atoms with Gasteiger partial charge in [-0.25, -0.2) is 0 Å². The summed E-state index contributed by atoms with van der Waals surface area (Å²) in [5.41, 5.74) is 4.09. The molecule has 2 rings (SSSR count). The highest BCUT2D eigenvalue weighted by molar-refractivity contribution is 5.96. The van der Waals surface area contributed by atoms with E-state index < -0.39 is 5.91 Å². The van der Waals surface area contributed by atoms with E-state index >= 15 is 0 Å². The fourth-order valence-electron chi connectivity index (χ4n) is 4.24. The predicted octanol–water partition coefficient (Wildman–Crippen LogP) is 4.06. The van der Waals surface area contributed by atoms with Crippen LogP contribution in [0.1, 0.15) is 63.1 Å². The minimum atomic E-state index is -0.473. The Kier molecular flexibility index (Phi) is 8.04. The van der Waals surface area contributed by atoms with Crippen LogP contribution in [0.2, 0.25) is 0 Å². The van der Waals surface area contributed by atoms with Gasteiger partial charge in [0, 0.05) is 5.69 Å². The van der Waals surface area contributed by atoms with Gasteiger partial charge < -0.3 is 15.4 Å². The Morgan fingerprint density at radius 3 is 2.07 bits per heavy atom. The molecule has 1 saturated carbocycles. The number of rotatable bonds is 6. The molecular formula is C24H36N2O4. The lowest BCUT2D eigenvalue weighted by Crippen LogP contribution is -2.37. The summed E-state index contributed by atoms with van der Waals surface area (Å²) in [7, 11) is 0. The van der Waals surface area contributed by atoms with Gasteiger partial charge in [0.15, 0.2) is 6.61 Å². The van der Waals surface area contributed by atoms with E-state index in [1.165, 1.54) is 0 Å². The Hall–Kier alpha value is -2.37. The quantitative estimate of drug-likeness (QED) is 0.685. The minimum Gasteiger partial charge on any atom is -0.455 e. The van der Waals surface area contributed by atoms with Gasteiger partial charge in [-0.05, 0) is 68.9 Å². The monoisotopic (exact) mass is 416 g/mol. The second kappa shape index (κ2) is 10.1. The molecule has 30 heavy (non-hydrogen) atoms. The van der Waals surface area contributed by atoms with E-state index in [1.54, 1.807) is 0 Å². The molecule has 0 unspecified atom stereocenters. The maximum atomic E-state index is 12.3. The summed E-state index contributed by atoms with van der Waals surface area (Å²) in [6, 6.07) is 3.99. The molecule has 0 bridgehead atoms. The molecule has 1 fully saturated rings. The van der Waals surface area contributed by atoms with Crippen molar-refractivity contribution in [2.75, 3.05) is 18.5 Å². The normalized spacial score (nSPS) is 19.1. The number of carbonyl (C=O) groups is 3. The van der Waals surface area contributed by atoms with E-state index in [4.69, 9.17) is 4.74 Å². The Labute approximate surface area is 180 Å². The summed E-state index contributed by atoms with van der Waals surface area (Å²) in [6.45, 7) is 12.1. The van der Waals surface area contributed by atoms with Gasteiger partial charge in [-0.2, -0.15) is 0 Å². The maximum absolute atomic E-state index is 12.3. The molecular weight excluding hydrogens is 380 g/mol. The zero-order valence-electron chi connectivity index (χ0n) is 19.2. The molecule has 0 aliphatic heterocycles. The first-order valence-electron chi connectivity index (χ1n) is 10.8. The molecule has 1 aromatic rings. The maximum Gasteiger partial charge on any atom is 0.309 e. The molecule has 6 heteroatoms. The van der Waals surface area contributed by atoms with E-state index in [2.05, 4.69) is 31.4 Å². The van der Waals surface area contributed by atoms with Crippen LogP contribution in [0, 0.1) is 38.0 Å². The Balaban J connectivity index is 1.71. The highest BCUT2D eigenvalue weighted by Gasteiger charge is 2.33. The third-order valence-corrected chi connectivity index (χ3v) is 6.02. The van der Waals surface area contributed by atoms with Gasteiger partial charge in [-0.1, -0.05) is 38.5 Å². The van der Waals surface area contributed by atoms with Crippen molar-refractivity contribution in [1.29, 1.82) is 0 Å². The van der Waals surface area contributed by atoms with Crippen LogP contribution in [0.15, 0.2) is 12.1 Å². The van der Waals surface area contributed by atoms with Gasteiger partial charge in [0.05, 0.1) is 12.5 Å². The summed E-state index contributed by atoms with van der Waals surface area (Å²) in [6.07, 6.45) is 3.63. The number of benzene rings is 1. The highest BCUT2D eigenvalue weighted by Crippen LogP contribution is 2.40. The zero-order chi connectivity index (χ0) is 22.5.